The van der Waals surface area contributed by atoms with Crippen LogP contribution in [0.15, 0.2) is 0 Å². The summed E-state index contributed by atoms with van der Waals surface area (Å²) < 4.78 is 17.7. The van der Waals surface area contributed by atoms with Gasteiger partial charge in [-0.2, -0.15) is 0 Å². The van der Waals surface area contributed by atoms with Crippen molar-refractivity contribution in [1.82, 2.24) is 0 Å². The minimum Gasteiger partial charge on any atom is -0.366 e. The smallest absolute Gasteiger partial charge is 0.164 e. The lowest BCUT2D eigenvalue weighted by Gasteiger charge is -2.34. The molecule has 14 heavy (non-hydrogen) atoms. The molecule has 2 saturated heterocycles. The summed E-state index contributed by atoms with van der Waals surface area (Å²) in [4.78, 5) is 0. The first-order valence-electron chi connectivity index (χ1n) is 5.42. The zero-order valence-electron chi connectivity index (χ0n) is 9.29. The molecule has 3 heteroatoms. The van der Waals surface area contributed by atoms with Gasteiger partial charge in [-0.3, -0.25) is 0 Å². The first-order chi connectivity index (χ1) is 6.36. The third-order valence-electron chi connectivity index (χ3n) is 3.79. The lowest BCUT2D eigenvalue weighted by atomic mass is 9.84. The van der Waals surface area contributed by atoms with Gasteiger partial charge in [0.05, 0.1) is 11.7 Å². The van der Waals surface area contributed by atoms with E-state index in [0.29, 0.717) is 6.10 Å². The summed E-state index contributed by atoms with van der Waals surface area (Å²) in [5.41, 5.74) is -0.423. The van der Waals surface area contributed by atoms with E-state index >= 15 is 0 Å². The van der Waals surface area contributed by atoms with Crippen LogP contribution in [0.5, 0.6) is 0 Å². The third-order valence-corrected chi connectivity index (χ3v) is 3.79. The van der Waals surface area contributed by atoms with Crippen LogP contribution in [0.2, 0.25) is 0 Å². The standard InChI is InChI=1S/C11H18O3/c1-9(2)11(14-10(3,4)13-9)6-5-7-8(11)12-7/h7-8H,5-6H2,1-4H3/t7-,8-,11?/m0/s1. The Bertz CT molecular complexity index is 284. The van der Waals surface area contributed by atoms with E-state index in [0.717, 1.165) is 12.8 Å². The SMILES string of the molecule is CC1(C)OC(C)(C)C2(CC[C@@H]3O[C@@H]32)O1. The van der Waals surface area contributed by atoms with E-state index in [9.17, 15) is 0 Å². The molecular formula is C11H18O3. The molecule has 0 amide bonds. The number of hydrogen-bond donors (Lipinski definition) is 0. The summed E-state index contributed by atoms with van der Waals surface area (Å²) >= 11 is 0. The van der Waals surface area contributed by atoms with Gasteiger partial charge < -0.3 is 14.2 Å². The molecule has 3 aliphatic rings. The van der Waals surface area contributed by atoms with Crippen LogP contribution in [-0.2, 0) is 14.2 Å². The molecule has 1 spiro atoms. The van der Waals surface area contributed by atoms with Crippen molar-refractivity contribution in [2.75, 3.05) is 0 Å². The van der Waals surface area contributed by atoms with Gasteiger partial charge in [-0.25, -0.2) is 0 Å². The first-order valence-corrected chi connectivity index (χ1v) is 5.42. The molecule has 0 N–H and O–H groups in total. The van der Waals surface area contributed by atoms with Gasteiger partial charge in [-0.15, -0.1) is 0 Å². The van der Waals surface area contributed by atoms with Crippen molar-refractivity contribution < 1.29 is 14.2 Å². The molecule has 0 aromatic rings. The van der Waals surface area contributed by atoms with Crippen molar-refractivity contribution in [3.05, 3.63) is 0 Å². The summed E-state index contributed by atoms with van der Waals surface area (Å²) in [7, 11) is 0. The molecule has 3 atom stereocenters. The van der Waals surface area contributed by atoms with Crippen molar-refractivity contribution in [3.63, 3.8) is 0 Å². The molecule has 0 bridgehead atoms. The highest BCUT2D eigenvalue weighted by atomic mass is 16.8. The van der Waals surface area contributed by atoms with E-state index in [1.807, 2.05) is 13.8 Å². The van der Waals surface area contributed by atoms with Crippen molar-refractivity contribution in [1.29, 1.82) is 0 Å². The average Bonchev–Trinajstić information content (AvgIpc) is 2.63. The van der Waals surface area contributed by atoms with Crippen molar-refractivity contribution in [3.8, 4) is 0 Å². The maximum atomic E-state index is 6.12. The van der Waals surface area contributed by atoms with E-state index < -0.39 is 5.79 Å². The molecule has 80 valence electrons. The molecule has 1 unspecified atom stereocenters. The summed E-state index contributed by atoms with van der Waals surface area (Å²) in [5, 5.41) is 0. The molecule has 2 heterocycles. The molecule has 3 nitrogen and oxygen atoms in total. The van der Waals surface area contributed by atoms with Crippen LogP contribution in [0.4, 0.5) is 0 Å². The quantitative estimate of drug-likeness (QED) is 0.556. The highest BCUT2D eigenvalue weighted by Gasteiger charge is 2.72. The Morgan fingerprint density at radius 3 is 2.14 bits per heavy atom. The third kappa shape index (κ3) is 0.930. The fraction of sp³-hybridized carbons (Fsp3) is 1.00. The molecular weight excluding hydrogens is 180 g/mol. The van der Waals surface area contributed by atoms with Crippen molar-refractivity contribution in [2.45, 2.75) is 69.7 Å². The van der Waals surface area contributed by atoms with Crippen LogP contribution >= 0.6 is 0 Å². The highest BCUT2D eigenvalue weighted by molar-refractivity contribution is 5.19. The van der Waals surface area contributed by atoms with Gasteiger partial charge in [0.2, 0.25) is 0 Å². The normalized spacial score (nSPS) is 52.3. The van der Waals surface area contributed by atoms with E-state index in [1.54, 1.807) is 0 Å². The van der Waals surface area contributed by atoms with Crippen LogP contribution in [0.1, 0.15) is 40.5 Å². The van der Waals surface area contributed by atoms with Gasteiger partial charge in [-0.1, -0.05) is 0 Å². The van der Waals surface area contributed by atoms with Crippen molar-refractivity contribution >= 4 is 0 Å². The van der Waals surface area contributed by atoms with Crippen LogP contribution in [0.25, 0.3) is 0 Å². The zero-order chi connectivity index (χ0) is 10.2. The van der Waals surface area contributed by atoms with Gasteiger partial charge >= 0.3 is 0 Å². The molecule has 0 aromatic carbocycles. The lowest BCUT2D eigenvalue weighted by molar-refractivity contribution is -0.170. The molecule has 2 aliphatic heterocycles. The molecule has 0 radical (unpaired) electrons. The first kappa shape index (κ1) is 9.13. The summed E-state index contributed by atoms with van der Waals surface area (Å²) in [6, 6.07) is 0. The zero-order valence-corrected chi connectivity index (χ0v) is 9.29. The van der Waals surface area contributed by atoms with Gasteiger partial charge in [0.1, 0.15) is 11.7 Å². The second-order valence-corrected chi connectivity index (χ2v) is 5.64. The maximum absolute atomic E-state index is 6.12. The number of epoxide rings is 1. The van der Waals surface area contributed by atoms with E-state index in [2.05, 4.69) is 13.8 Å². The second-order valence-electron chi connectivity index (χ2n) is 5.64. The minimum absolute atomic E-state index is 0.193. The summed E-state index contributed by atoms with van der Waals surface area (Å²) in [6.07, 6.45) is 2.90. The van der Waals surface area contributed by atoms with E-state index in [1.165, 1.54) is 0 Å². The van der Waals surface area contributed by atoms with Crippen LogP contribution in [0, 0.1) is 0 Å². The molecule has 0 aromatic heterocycles. The van der Waals surface area contributed by atoms with Gasteiger partial charge in [0.15, 0.2) is 5.79 Å². The topological polar surface area (TPSA) is 31.0 Å². The molecule has 1 saturated carbocycles. The predicted molar refractivity (Wildman–Crippen MR) is 51.0 cm³/mol. The number of rotatable bonds is 0. The number of ether oxygens (including phenoxy) is 3. The minimum atomic E-state index is -0.468. The highest BCUT2D eigenvalue weighted by Crippen LogP contribution is 2.59. The van der Waals surface area contributed by atoms with Crippen LogP contribution in [0.3, 0.4) is 0 Å². The Balaban J connectivity index is 1.99. The lowest BCUT2D eigenvalue weighted by Crippen LogP contribution is -2.50. The Hall–Kier alpha value is -0.120. The Morgan fingerprint density at radius 1 is 1.07 bits per heavy atom. The second kappa shape index (κ2) is 2.18. The van der Waals surface area contributed by atoms with E-state index in [-0.39, 0.29) is 17.3 Å². The number of hydrogen-bond acceptors (Lipinski definition) is 3. The molecule has 1 aliphatic carbocycles. The Morgan fingerprint density at radius 2 is 1.79 bits per heavy atom. The summed E-state index contributed by atoms with van der Waals surface area (Å²) in [6.45, 7) is 8.20. The Labute approximate surface area is 84.7 Å². The Kier molecular flexibility index (Phi) is 1.42. The fourth-order valence-corrected chi connectivity index (χ4v) is 3.31. The van der Waals surface area contributed by atoms with Gasteiger partial charge in [-0.05, 0) is 40.5 Å². The molecule has 3 fully saturated rings. The summed E-state index contributed by atoms with van der Waals surface area (Å²) in [5.74, 6) is -0.468. The maximum Gasteiger partial charge on any atom is 0.164 e. The van der Waals surface area contributed by atoms with E-state index in [4.69, 9.17) is 14.2 Å². The average molecular weight is 198 g/mol. The predicted octanol–water partition coefficient (Wildman–Crippen LogP) is 1.85. The number of fused-ring (bicyclic) bond motifs is 2. The molecule has 3 rings (SSSR count). The fourth-order valence-electron chi connectivity index (χ4n) is 3.31. The van der Waals surface area contributed by atoms with Gasteiger partial charge in [0.25, 0.3) is 0 Å². The largest absolute Gasteiger partial charge is 0.366 e. The monoisotopic (exact) mass is 198 g/mol. The van der Waals surface area contributed by atoms with Crippen LogP contribution in [-0.4, -0.2) is 29.2 Å². The van der Waals surface area contributed by atoms with Gasteiger partial charge in [0, 0.05) is 0 Å². The van der Waals surface area contributed by atoms with Crippen molar-refractivity contribution in [2.24, 2.45) is 0 Å². The van der Waals surface area contributed by atoms with Crippen LogP contribution < -0.4 is 0 Å².